The average Bonchev–Trinajstić information content (AvgIpc) is 3.00. The van der Waals surface area contributed by atoms with Gasteiger partial charge in [0.25, 0.3) is 0 Å². The predicted octanol–water partition coefficient (Wildman–Crippen LogP) is 3.60. The molecule has 1 aromatic carbocycles. The van der Waals surface area contributed by atoms with Crippen LogP contribution in [0.5, 0.6) is 5.75 Å². The molecule has 0 aliphatic heterocycles. The van der Waals surface area contributed by atoms with Crippen molar-refractivity contribution in [1.29, 1.82) is 0 Å². The van der Waals surface area contributed by atoms with Gasteiger partial charge in [-0.25, -0.2) is 4.79 Å². The Hall–Kier alpha value is -1.76. The maximum atomic E-state index is 11.9. The lowest BCUT2D eigenvalue weighted by molar-refractivity contribution is 0.107. The molecule has 0 saturated heterocycles. The monoisotopic (exact) mass is 354 g/mol. The number of urea groups is 1. The van der Waals surface area contributed by atoms with E-state index in [1.54, 1.807) is 14.2 Å². The molecule has 0 fully saturated rings. The first-order chi connectivity index (χ1) is 11.1. The van der Waals surface area contributed by atoms with Crippen molar-refractivity contribution in [2.24, 2.45) is 0 Å². The van der Waals surface area contributed by atoms with Gasteiger partial charge in [0, 0.05) is 18.5 Å². The van der Waals surface area contributed by atoms with Crippen LogP contribution in [0.3, 0.4) is 0 Å². The minimum Gasteiger partial charge on any atom is -0.497 e. The number of amides is 2. The first-order valence-corrected chi connectivity index (χ1v) is 8.24. The number of carbonyl (C=O) groups excluding carboxylic acids is 1. The predicted molar refractivity (Wildman–Crippen MR) is 92.3 cm³/mol. The molecule has 0 radical (unpaired) electrons. The van der Waals surface area contributed by atoms with Crippen LogP contribution >= 0.6 is 22.9 Å². The van der Waals surface area contributed by atoms with E-state index in [0.717, 1.165) is 16.2 Å². The fraction of sp³-hybridized carbons (Fsp3) is 0.312. The summed E-state index contributed by atoms with van der Waals surface area (Å²) in [4.78, 5) is 12.9. The van der Waals surface area contributed by atoms with Gasteiger partial charge in [0.05, 0.1) is 18.0 Å². The molecule has 5 nitrogen and oxygen atoms in total. The number of ether oxygens (including phenoxy) is 2. The minimum atomic E-state index is -0.245. The standard InChI is InChI=1S/C16H19ClN2O3S/c1-21-12-5-3-11(4-6-12)9-18-16(20)19-10-13(22-2)14-7-8-15(17)23-14/h3-8,13H,9-10H2,1-2H3,(H2,18,19,20). The smallest absolute Gasteiger partial charge is 0.315 e. The second-order valence-electron chi connectivity index (χ2n) is 4.78. The number of thiophene rings is 1. The molecule has 2 N–H and O–H groups in total. The zero-order valence-electron chi connectivity index (χ0n) is 13.0. The summed E-state index contributed by atoms with van der Waals surface area (Å²) in [5.41, 5.74) is 0.995. The molecule has 0 saturated carbocycles. The molecular formula is C16H19ClN2O3S. The third-order valence-corrected chi connectivity index (χ3v) is 4.58. The van der Waals surface area contributed by atoms with Crippen LogP contribution in [-0.2, 0) is 11.3 Å². The molecule has 0 spiro atoms. The molecule has 2 rings (SSSR count). The topological polar surface area (TPSA) is 59.6 Å². The normalized spacial score (nSPS) is 11.8. The van der Waals surface area contributed by atoms with E-state index in [4.69, 9.17) is 21.1 Å². The molecule has 7 heteroatoms. The van der Waals surface area contributed by atoms with Gasteiger partial charge in [-0.1, -0.05) is 23.7 Å². The van der Waals surface area contributed by atoms with E-state index in [-0.39, 0.29) is 12.1 Å². The van der Waals surface area contributed by atoms with E-state index >= 15 is 0 Å². The summed E-state index contributed by atoms with van der Waals surface area (Å²) < 4.78 is 11.2. The maximum Gasteiger partial charge on any atom is 0.315 e. The van der Waals surface area contributed by atoms with Crippen molar-refractivity contribution in [2.75, 3.05) is 20.8 Å². The maximum absolute atomic E-state index is 11.9. The number of carbonyl (C=O) groups is 1. The summed E-state index contributed by atoms with van der Waals surface area (Å²) in [6.07, 6.45) is -0.209. The Labute approximate surface area is 144 Å². The van der Waals surface area contributed by atoms with E-state index in [0.29, 0.717) is 17.4 Å². The van der Waals surface area contributed by atoms with Crippen LogP contribution in [0, 0.1) is 0 Å². The highest BCUT2D eigenvalue weighted by Gasteiger charge is 2.14. The van der Waals surface area contributed by atoms with Crippen LogP contribution in [0.1, 0.15) is 16.5 Å². The van der Waals surface area contributed by atoms with E-state index in [2.05, 4.69) is 10.6 Å². The highest BCUT2D eigenvalue weighted by Crippen LogP contribution is 2.28. The van der Waals surface area contributed by atoms with Crippen molar-refractivity contribution in [3.8, 4) is 5.75 Å². The molecule has 2 amide bonds. The second-order valence-corrected chi connectivity index (χ2v) is 6.52. The van der Waals surface area contributed by atoms with Gasteiger partial charge >= 0.3 is 6.03 Å². The molecule has 2 aromatic rings. The summed E-state index contributed by atoms with van der Waals surface area (Å²) in [5.74, 6) is 0.788. The third-order valence-electron chi connectivity index (χ3n) is 3.26. The van der Waals surface area contributed by atoms with Gasteiger partial charge in [-0.3, -0.25) is 0 Å². The van der Waals surface area contributed by atoms with Gasteiger partial charge in [-0.05, 0) is 29.8 Å². The Kier molecular flexibility index (Phi) is 6.70. The summed E-state index contributed by atoms with van der Waals surface area (Å²) in [6.45, 7) is 0.820. The first-order valence-electron chi connectivity index (χ1n) is 7.05. The van der Waals surface area contributed by atoms with Crippen LogP contribution in [0.25, 0.3) is 0 Å². The molecular weight excluding hydrogens is 336 g/mol. The van der Waals surface area contributed by atoms with Crippen molar-refractivity contribution in [3.63, 3.8) is 0 Å². The third kappa shape index (κ3) is 5.42. The van der Waals surface area contributed by atoms with Gasteiger partial charge in [-0.2, -0.15) is 0 Å². The summed E-state index contributed by atoms with van der Waals surface area (Å²) in [5, 5.41) is 5.60. The van der Waals surface area contributed by atoms with Gasteiger partial charge in [0.15, 0.2) is 0 Å². The molecule has 23 heavy (non-hydrogen) atoms. The van der Waals surface area contributed by atoms with Gasteiger partial charge < -0.3 is 20.1 Å². The molecule has 1 unspecified atom stereocenters. The molecule has 1 heterocycles. The Morgan fingerprint density at radius 3 is 2.48 bits per heavy atom. The van der Waals surface area contributed by atoms with Gasteiger partial charge in [0.2, 0.25) is 0 Å². The van der Waals surface area contributed by atoms with Crippen molar-refractivity contribution in [1.82, 2.24) is 10.6 Å². The number of methoxy groups -OCH3 is 2. The quantitative estimate of drug-likeness (QED) is 0.798. The van der Waals surface area contributed by atoms with Crippen LogP contribution in [-0.4, -0.2) is 26.8 Å². The van der Waals surface area contributed by atoms with Crippen molar-refractivity contribution >= 4 is 29.0 Å². The average molecular weight is 355 g/mol. The molecule has 124 valence electrons. The van der Waals surface area contributed by atoms with Crippen molar-refractivity contribution < 1.29 is 14.3 Å². The van der Waals surface area contributed by atoms with Gasteiger partial charge in [-0.15, -0.1) is 11.3 Å². The highest BCUT2D eigenvalue weighted by molar-refractivity contribution is 7.16. The Bertz CT molecular complexity index is 631. The second kappa shape index (κ2) is 8.76. The minimum absolute atomic E-state index is 0.209. The lowest BCUT2D eigenvalue weighted by Crippen LogP contribution is -2.37. The summed E-state index contributed by atoms with van der Waals surface area (Å²) >= 11 is 7.36. The van der Waals surface area contributed by atoms with Crippen LogP contribution < -0.4 is 15.4 Å². The number of benzene rings is 1. The van der Waals surface area contributed by atoms with E-state index in [1.807, 2.05) is 36.4 Å². The number of hydrogen-bond acceptors (Lipinski definition) is 4. The largest absolute Gasteiger partial charge is 0.497 e. The van der Waals surface area contributed by atoms with Crippen molar-refractivity contribution in [2.45, 2.75) is 12.6 Å². The molecule has 0 bridgehead atoms. The summed E-state index contributed by atoms with van der Waals surface area (Å²) in [6, 6.07) is 11.0. The van der Waals surface area contributed by atoms with E-state index in [1.165, 1.54) is 11.3 Å². The molecule has 0 aliphatic rings. The lowest BCUT2D eigenvalue weighted by atomic mass is 10.2. The van der Waals surface area contributed by atoms with E-state index < -0.39 is 0 Å². The summed E-state index contributed by atoms with van der Waals surface area (Å²) in [7, 11) is 3.23. The van der Waals surface area contributed by atoms with Crippen LogP contribution in [0.2, 0.25) is 4.34 Å². The fourth-order valence-corrected chi connectivity index (χ4v) is 3.11. The Balaban J connectivity index is 1.77. The number of hydrogen-bond donors (Lipinski definition) is 2. The molecule has 0 aliphatic carbocycles. The number of nitrogens with one attached hydrogen (secondary N) is 2. The van der Waals surface area contributed by atoms with E-state index in [9.17, 15) is 4.79 Å². The Morgan fingerprint density at radius 1 is 1.17 bits per heavy atom. The lowest BCUT2D eigenvalue weighted by Gasteiger charge is -2.15. The van der Waals surface area contributed by atoms with Gasteiger partial charge in [0.1, 0.15) is 11.9 Å². The van der Waals surface area contributed by atoms with Crippen molar-refractivity contribution in [3.05, 3.63) is 51.2 Å². The fourth-order valence-electron chi connectivity index (χ4n) is 1.98. The SMILES string of the molecule is COc1ccc(CNC(=O)NCC(OC)c2ccc(Cl)s2)cc1. The molecule has 1 aromatic heterocycles. The zero-order valence-corrected chi connectivity index (χ0v) is 14.5. The number of halogens is 1. The van der Waals surface area contributed by atoms with Crippen LogP contribution in [0.15, 0.2) is 36.4 Å². The zero-order chi connectivity index (χ0) is 16.7. The highest BCUT2D eigenvalue weighted by atomic mass is 35.5. The molecule has 1 atom stereocenters. The van der Waals surface area contributed by atoms with Crippen LogP contribution in [0.4, 0.5) is 4.79 Å². The Morgan fingerprint density at radius 2 is 1.91 bits per heavy atom. The first kappa shape index (κ1) is 17.6. The number of rotatable bonds is 7.